The van der Waals surface area contributed by atoms with Gasteiger partial charge in [0.2, 0.25) is 0 Å². The van der Waals surface area contributed by atoms with E-state index in [9.17, 15) is 0 Å². The van der Waals surface area contributed by atoms with Crippen LogP contribution in [0.5, 0.6) is 0 Å². The van der Waals surface area contributed by atoms with Crippen molar-refractivity contribution in [3.8, 4) is 6.07 Å². The van der Waals surface area contributed by atoms with Crippen LogP contribution in [-0.2, 0) is 0 Å². The quantitative estimate of drug-likeness (QED) is 0.868. The molecule has 1 rings (SSSR count). The van der Waals surface area contributed by atoms with E-state index in [2.05, 4.69) is 66.3 Å². The fourth-order valence-electron chi connectivity index (χ4n) is 1.53. The summed E-state index contributed by atoms with van der Waals surface area (Å²) in [6.45, 7) is 7.32. The summed E-state index contributed by atoms with van der Waals surface area (Å²) in [5.74, 6) is 0. The maximum Gasteiger partial charge on any atom is 0.0621 e. The maximum absolute atomic E-state index is 8.61. The molecule has 2 nitrogen and oxygen atoms in total. The Balaban J connectivity index is 2.55. The molecule has 3 heteroatoms. The molecule has 0 radical (unpaired) electrons. The minimum Gasteiger partial charge on any atom is -0.384 e. The Hall–Kier alpha value is -1.01. The standard InChI is InChI=1S/C14H19BrN2/c1-11-5-6-12(9-13(11)15)17-10-14(2,3)7-4-8-16/h5-6,9,17H,4,7,10H2,1-3H3. The van der Waals surface area contributed by atoms with Gasteiger partial charge in [0.15, 0.2) is 0 Å². The van der Waals surface area contributed by atoms with Crippen molar-refractivity contribution in [1.29, 1.82) is 5.26 Å². The molecule has 0 aliphatic carbocycles. The van der Waals surface area contributed by atoms with E-state index in [1.54, 1.807) is 0 Å². The second-order valence-electron chi connectivity index (χ2n) is 5.14. The minimum atomic E-state index is 0.146. The highest BCUT2D eigenvalue weighted by Crippen LogP contribution is 2.25. The van der Waals surface area contributed by atoms with Crippen molar-refractivity contribution in [3.63, 3.8) is 0 Å². The molecule has 0 heterocycles. The Morgan fingerprint density at radius 2 is 2.12 bits per heavy atom. The summed E-state index contributed by atoms with van der Waals surface area (Å²) in [5.41, 5.74) is 2.50. The number of anilines is 1. The van der Waals surface area contributed by atoms with Crippen LogP contribution in [0.4, 0.5) is 5.69 Å². The molecule has 0 aliphatic rings. The van der Waals surface area contributed by atoms with Crippen molar-refractivity contribution < 1.29 is 0 Å². The van der Waals surface area contributed by atoms with Crippen LogP contribution < -0.4 is 5.32 Å². The first-order chi connectivity index (χ1) is 7.94. The summed E-state index contributed by atoms with van der Waals surface area (Å²) in [6, 6.07) is 8.47. The summed E-state index contributed by atoms with van der Waals surface area (Å²) in [4.78, 5) is 0. The molecule has 92 valence electrons. The summed E-state index contributed by atoms with van der Waals surface area (Å²) in [7, 11) is 0. The van der Waals surface area contributed by atoms with E-state index in [0.29, 0.717) is 6.42 Å². The van der Waals surface area contributed by atoms with E-state index in [-0.39, 0.29) is 5.41 Å². The second-order valence-corrected chi connectivity index (χ2v) is 5.99. The van der Waals surface area contributed by atoms with E-state index >= 15 is 0 Å². The summed E-state index contributed by atoms with van der Waals surface area (Å²) >= 11 is 3.53. The normalized spacial score (nSPS) is 11.0. The zero-order chi connectivity index (χ0) is 12.9. The number of rotatable bonds is 5. The minimum absolute atomic E-state index is 0.146. The van der Waals surface area contributed by atoms with Gasteiger partial charge in [-0.15, -0.1) is 0 Å². The van der Waals surface area contributed by atoms with E-state index in [4.69, 9.17) is 5.26 Å². The highest BCUT2D eigenvalue weighted by Gasteiger charge is 2.16. The lowest BCUT2D eigenvalue weighted by Gasteiger charge is -2.24. The van der Waals surface area contributed by atoms with Crippen LogP contribution in [0.3, 0.4) is 0 Å². The Kier molecular flexibility index (Phi) is 5.02. The zero-order valence-corrected chi connectivity index (χ0v) is 12.3. The van der Waals surface area contributed by atoms with Gasteiger partial charge >= 0.3 is 0 Å². The molecule has 0 bridgehead atoms. The molecule has 0 aliphatic heterocycles. The van der Waals surface area contributed by atoms with Crippen molar-refractivity contribution in [2.75, 3.05) is 11.9 Å². The average molecular weight is 295 g/mol. The number of hydrogen-bond donors (Lipinski definition) is 1. The highest BCUT2D eigenvalue weighted by atomic mass is 79.9. The molecular weight excluding hydrogens is 276 g/mol. The second kappa shape index (κ2) is 6.07. The first kappa shape index (κ1) is 14.1. The van der Waals surface area contributed by atoms with Crippen molar-refractivity contribution in [1.82, 2.24) is 0 Å². The van der Waals surface area contributed by atoms with Gasteiger partial charge in [0, 0.05) is 23.1 Å². The van der Waals surface area contributed by atoms with Gasteiger partial charge in [0.1, 0.15) is 0 Å². The summed E-state index contributed by atoms with van der Waals surface area (Å²) < 4.78 is 1.12. The van der Waals surface area contributed by atoms with Crippen molar-refractivity contribution in [2.45, 2.75) is 33.6 Å². The average Bonchev–Trinajstić information content (AvgIpc) is 2.28. The lowest BCUT2D eigenvalue weighted by Crippen LogP contribution is -2.22. The third-order valence-electron chi connectivity index (χ3n) is 2.86. The molecule has 1 aromatic carbocycles. The number of benzene rings is 1. The van der Waals surface area contributed by atoms with Gasteiger partial charge < -0.3 is 5.32 Å². The molecule has 1 N–H and O–H groups in total. The lowest BCUT2D eigenvalue weighted by atomic mass is 9.88. The summed E-state index contributed by atoms with van der Waals surface area (Å²) in [6.07, 6.45) is 1.54. The molecule has 0 aromatic heterocycles. The number of nitriles is 1. The number of halogens is 1. The molecule has 0 spiro atoms. The Labute approximate surface area is 112 Å². The number of hydrogen-bond acceptors (Lipinski definition) is 2. The van der Waals surface area contributed by atoms with Crippen molar-refractivity contribution >= 4 is 21.6 Å². The molecule has 0 fully saturated rings. The molecule has 1 aromatic rings. The Morgan fingerprint density at radius 1 is 1.41 bits per heavy atom. The zero-order valence-electron chi connectivity index (χ0n) is 10.7. The van der Waals surface area contributed by atoms with E-state index in [1.165, 1.54) is 5.56 Å². The molecule has 0 saturated carbocycles. The summed E-state index contributed by atoms with van der Waals surface area (Å²) in [5, 5.41) is 12.0. The predicted octanol–water partition coefficient (Wildman–Crippen LogP) is 4.50. The fourth-order valence-corrected chi connectivity index (χ4v) is 1.91. The van der Waals surface area contributed by atoms with E-state index < -0.39 is 0 Å². The van der Waals surface area contributed by atoms with Gasteiger partial charge in [0.05, 0.1) is 6.07 Å². The van der Waals surface area contributed by atoms with Crippen LogP contribution in [0.2, 0.25) is 0 Å². The number of nitrogens with one attached hydrogen (secondary N) is 1. The first-order valence-corrected chi connectivity index (χ1v) is 6.61. The van der Waals surface area contributed by atoms with Gasteiger partial charge in [-0.1, -0.05) is 35.8 Å². The van der Waals surface area contributed by atoms with Gasteiger partial charge in [0.25, 0.3) is 0 Å². The van der Waals surface area contributed by atoms with Crippen molar-refractivity contribution in [2.24, 2.45) is 5.41 Å². The number of nitrogens with zero attached hydrogens (tertiary/aromatic N) is 1. The monoisotopic (exact) mass is 294 g/mol. The first-order valence-electron chi connectivity index (χ1n) is 5.81. The van der Waals surface area contributed by atoms with Crippen LogP contribution in [0, 0.1) is 23.7 Å². The maximum atomic E-state index is 8.61. The van der Waals surface area contributed by atoms with Crippen LogP contribution in [0.1, 0.15) is 32.3 Å². The SMILES string of the molecule is Cc1ccc(NCC(C)(C)CCC#N)cc1Br. The fraction of sp³-hybridized carbons (Fsp3) is 0.500. The lowest BCUT2D eigenvalue weighted by molar-refractivity contribution is 0.364. The molecule has 17 heavy (non-hydrogen) atoms. The smallest absolute Gasteiger partial charge is 0.0621 e. The predicted molar refractivity (Wildman–Crippen MR) is 76.0 cm³/mol. The van der Waals surface area contributed by atoms with Crippen LogP contribution in [0.25, 0.3) is 0 Å². The van der Waals surface area contributed by atoms with Crippen LogP contribution in [0.15, 0.2) is 22.7 Å². The molecule has 0 unspecified atom stereocenters. The van der Waals surface area contributed by atoms with Gasteiger partial charge in [-0.25, -0.2) is 0 Å². The van der Waals surface area contributed by atoms with Gasteiger partial charge in [-0.05, 0) is 36.5 Å². The Bertz CT molecular complexity index is 419. The van der Waals surface area contributed by atoms with E-state index in [0.717, 1.165) is 23.1 Å². The van der Waals surface area contributed by atoms with E-state index in [1.807, 2.05) is 0 Å². The number of aryl methyl sites for hydroxylation is 1. The Morgan fingerprint density at radius 3 is 2.71 bits per heavy atom. The van der Waals surface area contributed by atoms with Gasteiger partial charge in [-0.2, -0.15) is 5.26 Å². The highest BCUT2D eigenvalue weighted by molar-refractivity contribution is 9.10. The largest absolute Gasteiger partial charge is 0.384 e. The third kappa shape index (κ3) is 4.79. The van der Waals surface area contributed by atoms with Gasteiger partial charge in [-0.3, -0.25) is 0 Å². The molecule has 0 amide bonds. The van der Waals surface area contributed by atoms with Crippen molar-refractivity contribution in [3.05, 3.63) is 28.2 Å². The van der Waals surface area contributed by atoms with Crippen LogP contribution >= 0.6 is 15.9 Å². The van der Waals surface area contributed by atoms with Crippen LogP contribution in [-0.4, -0.2) is 6.54 Å². The molecule has 0 saturated heterocycles. The molecule has 0 atom stereocenters. The third-order valence-corrected chi connectivity index (χ3v) is 3.71. The topological polar surface area (TPSA) is 35.8 Å². The molecular formula is C14H19BrN2.